The molecule has 0 spiro atoms. The molecule has 1 heterocycles. The third-order valence-electron chi connectivity index (χ3n) is 4.37. The van der Waals surface area contributed by atoms with Crippen LogP contribution in [0.2, 0.25) is 0 Å². The summed E-state index contributed by atoms with van der Waals surface area (Å²) in [6.45, 7) is 1.89. The maximum absolute atomic E-state index is 11.5. The van der Waals surface area contributed by atoms with Gasteiger partial charge in [0.2, 0.25) is 0 Å². The van der Waals surface area contributed by atoms with Crippen LogP contribution in [0.5, 0.6) is 0 Å². The first-order chi connectivity index (χ1) is 8.29. The SMILES string of the molecule is COC(=O)C1CNCC(CC2CCCCC2)C1. The van der Waals surface area contributed by atoms with Crippen molar-refractivity contribution in [2.45, 2.75) is 44.9 Å². The van der Waals surface area contributed by atoms with Crippen LogP contribution in [-0.2, 0) is 9.53 Å². The lowest BCUT2D eigenvalue weighted by molar-refractivity contribution is -0.146. The number of piperidine rings is 1. The van der Waals surface area contributed by atoms with Gasteiger partial charge < -0.3 is 10.1 Å². The van der Waals surface area contributed by atoms with Gasteiger partial charge in [-0.15, -0.1) is 0 Å². The predicted molar refractivity (Wildman–Crippen MR) is 67.7 cm³/mol. The van der Waals surface area contributed by atoms with Gasteiger partial charge in [0.1, 0.15) is 0 Å². The normalized spacial score (nSPS) is 31.1. The van der Waals surface area contributed by atoms with Gasteiger partial charge in [-0.1, -0.05) is 32.1 Å². The second kappa shape index (κ2) is 6.39. The van der Waals surface area contributed by atoms with E-state index in [2.05, 4.69) is 5.32 Å². The van der Waals surface area contributed by atoms with Gasteiger partial charge in [-0.25, -0.2) is 0 Å². The molecule has 1 saturated heterocycles. The molecule has 2 aliphatic rings. The maximum atomic E-state index is 11.5. The molecule has 3 heteroatoms. The molecule has 0 aromatic carbocycles. The number of carbonyl (C=O) groups is 1. The lowest BCUT2D eigenvalue weighted by Crippen LogP contribution is -2.40. The quantitative estimate of drug-likeness (QED) is 0.768. The van der Waals surface area contributed by atoms with Gasteiger partial charge in [-0.05, 0) is 31.2 Å². The van der Waals surface area contributed by atoms with Crippen molar-refractivity contribution in [3.8, 4) is 0 Å². The highest BCUT2D eigenvalue weighted by Gasteiger charge is 2.29. The Labute approximate surface area is 104 Å². The highest BCUT2D eigenvalue weighted by Crippen LogP contribution is 2.32. The third kappa shape index (κ3) is 3.70. The first kappa shape index (κ1) is 12.9. The summed E-state index contributed by atoms with van der Waals surface area (Å²) in [5.74, 6) is 1.64. The van der Waals surface area contributed by atoms with E-state index in [9.17, 15) is 4.79 Å². The van der Waals surface area contributed by atoms with Gasteiger partial charge in [0, 0.05) is 6.54 Å². The Morgan fingerprint density at radius 2 is 1.94 bits per heavy atom. The van der Waals surface area contributed by atoms with Crippen molar-refractivity contribution >= 4 is 5.97 Å². The smallest absolute Gasteiger partial charge is 0.309 e. The molecule has 2 rings (SSSR count). The molecule has 2 atom stereocenters. The van der Waals surface area contributed by atoms with E-state index >= 15 is 0 Å². The van der Waals surface area contributed by atoms with E-state index < -0.39 is 0 Å². The van der Waals surface area contributed by atoms with Crippen molar-refractivity contribution in [1.82, 2.24) is 5.32 Å². The molecule has 1 aliphatic heterocycles. The molecule has 0 amide bonds. The van der Waals surface area contributed by atoms with Crippen molar-refractivity contribution in [3.63, 3.8) is 0 Å². The fourth-order valence-corrected chi connectivity index (χ4v) is 3.45. The van der Waals surface area contributed by atoms with E-state index in [-0.39, 0.29) is 11.9 Å². The van der Waals surface area contributed by atoms with E-state index in [1.165, 1.54) is 45.6 Å². The van der Waals surface area contributed by atoms with E-state index in [1.807, 2.05) is 0 Å². The van der Waals surface area contributed by atoms with Gasteiger partial charge >= 0.3 is 5.97 Å². The van der Waals surface area contributed by atoms with Crippen molar-refractivity contribution in [3.05, 3.63) is 0 Å². The van der Waals surface area contributed by atoms with Crippen LogP contribution in [0.15, 0.2) is 0 Å². The molecule has 98 valence electrons. The fraction of sp³-hybridized carbons (Fsp3) is 0.929. The largest absolute Gasteiger partial charge is 0.469 e. The van der Waals surface area contributed by atoms with Crippen LogP contribution < -0.4 is 5.32 Å². The average molecular weight is 239 g/mol. The van der Waals surface area contributed by atoms with Crippen LogP contribution in [0.3, 0.4) is 0 Å². The summed E-state index contributed by atoms with van der Waals surface area (Å²) in [6.07, 6.45) is 9.37. The van der Waals surface area contributed by atoms with E-state index in [0.717, 1.165) is 25.4 Å². The zero-order chi connectivity index (χ0) is 12.1. The van der Waals surface area contributed by atoms with Gasteiger partial charge in [0.25, 0.3) is 0 Å². The second-order valence-corrected chi connectivity index (χ2v) is 5.72. The third-order valence-corrected chi connectivity index (χ3v) is 4.37. The van der Waals surface area contributed by atoms with Gasteiger partial charge in [0.15, 0.2) is 0 Å². The fourth-order valence-electron chi connectivity index (χ4n) is 3.45. The van der Waals surface area contributed by atoms with Crippen LogP contribution in [-0.4, -0.2) is 26.2 Å². The molecule has 0 radical (unpaired) electrons. The molecule has 0 aromatic rings. The summed E-state index contributed by atoms with van der Waals surface area (Å²) < 4.78 is 4.85. The Morgan fingerprint density at radius 3 is 2.65 bits per heavy atom. The molecular formula is C14H25NO2. The van der Waals surface area contributed by atoms with Gasteiger partial charge in [0.05, 0.1) is 13.0 Å². The Morgan fingerprint density at radius 1 is 1.18 bits per heavy atom. The van der Waals surface area contributed by atoms with E-state index in [0.29, 0.717) is 5.92 Å². The summed E-state index contributed by atoms with van der Waals surface area (Å²) in [6, 6.07) is 0. The number of ether oxygens (including phenoxy) is 1. The van der Waals surface area contributed by atoms with Crippen LogP contribution in [0.1, 0.15) is 44.9 Å². The Bertz CT molecular complexity index is 249. The lowest BCUT2D eigenvalue weighted by Gasteiger charge is -2.32. The zero-order valence-corrected chi connectivity index (χ0v) is 10.9. The zero-order valence-electron chi connectivity index (χ0n) is 10.9. The Balaban J connectivity index is 1.78. The van der Waals surface area contributed by atoms with Crippen LogP contribution in [0.4, 0.5) is 0 Å². The maximum Gasteiger partial charge on any atom is 0.309 e. The highest BCUT2D eigenvalue weighted by molar-refractivity contribution is 5.72. The Hall–Kier alpha value is -0.570. The summed E-state index contributed by atoms with van der Waals surface area (Å²) in [5, 5.41) is 3.39. The minimum absolute atomic E-state index is 0.0363. The van der Waals surface area contributed by atoms with Gasteiger partial charge in [-0.2, -0.15) is 0 Å². The first-order valence-electron chi connectivity index (χ1n) is 7.08. The summed E-state index contributed by atoms with van der Waals surface area (Å²) in [5.41, 5.74) is 0. The molecule has 1 saturated carbocycles. The van der Waals surface area contributed by atoms with Crippen molar-refractivity contribution in [2.75, 3.05) is 20.2 Å². The number of rotatable bonds is 3. The number of hydrogen-bond acceptors (Lipinski definition) is 3. The molecule has 1 aliphatic carbocycles. The Kier molecular flexibility index (Phi) is 4.84. The lowest BCUT2D eigenvalue weighted by atomic mass is 9.79. The number of hydrogen-bond donors (Lipinski definition) is 1. The van der Waals surface area contributed by atoms with Crippen molar-refractivity contribution in [1.29, 1.82) is 0 Å². The van der Waals surface area contributed by atoms with Gasteiger partial charge in [-0.3, -0.25) is 4.79 Å². The number of esters is 1. The van der Waals surface area contributed by atoms with Crippen molar-refractivity contribution in [2.24, 2.45) is 17.8 Å². The number of methoxy groups -OCH3 is 1. The molecule has 1 N–H and O–H groups in total. The topological polar surface area (TPSA) is 38.3 Å². The second-order valence-electron chi connectivity index (χ2n) is 5.72. The van der Waals surface area contributed by atoms with Crippen molar-refractivity contribution < 1.29 is 9.53 Å². The number of carbonyl (C=O) groups excluding carboxylic acids is 1. The van der Waals surface area contributed by atoms with E-state index in [1.54, 1.807) is 0 Å². The molecule has 3 nitrogen and oxygen atoms in total. The molecule has 17 heavy (non-hydrogen) atoms. The average Bonchev–Trinajstić information content (AvgIpc) is 2.39. The summed E-state index contributed by atoms with van der Waals surface area (Å²) in [4.78, 5) is 11.5. The molecule has 0 bridgehead atoms. The number of nitrogens with one attached hydrogen (secondary N) is 1. The molecular weight excluding hydrogens is 214 g/mol. The molecule has 2 fully saturated rings. The summed E-state index contributed by atoms with van der Waals surface area (Å²) >= 11 is 0. The van der Waals surface area contributed by atoms with Crippen LogP contribution in [0.25, 0.3) is 0 Å². The van der Waals surface area contributed by atoms with E-state index in [4.69, 9.17) is 4.74 Å². The molecule has 0 aromatic heterocycles. The standard InChI is InChI=1S/C14H25NO2/c1-17-14(16)13-8-12(9-15-10-13)7-11-5-3-2-4-6-11/h11-13,15H,2-10H2,1H3. The molecule has 2 unspecified atom stereocenters. The minimum Gasteiger partial charge on any atom is -0.469 e. The first-order valence-corrected chi connectivity index (χ1v) is 7.08. The monoisotopic (exact) mass is 239 g/mol. The minimum atomic E-state index is -0.0363. The highest BCUT2D eigenvalue weighted by atomic mass is 16.5. The van der Waals surface area contributed by atoms with Crippen LogP contribution >= 0.6 is 0 Å². The predicted octanol–water partition coefficient (Wildman–Crippen LogP) is 2.36. The summed E-state index contributed by atoms with van der Waals surface area (Å²) in [7, 11) is 1.49. The van der Waals surface area contributed by atoms with Crippen LogP contribution in [0, 0.1) is 17.8 Å².